The summed E-state index contributed by atoms with van der Waals surface area (Å²) in [5.41, 5.74) is 1.50. The summed E-state index contributed by atoms with van der Waals surface area (Å²) in [6, 6.07) is 10.2. The first-order chi connectivity index (χ1) is 14.7. The molecule has 168 valence electrons. The minimum Gasteiger partial charge on any atom is -0.384 e. The van der Waals surface area contributed by atoms with Crippen molar-refractivity contribution in [1.29, 1.82) is 0 Å². The highest BCUT2D eigenvalue weighted by Gasteiger charge is 2.22. The number of carbonyl (C=O) groups is 1. The lowest BCUT2D eigenvalue weighted by Crippen LogP contribution is -2.30. The minimum atomic E-state index is -3.64. The summed E-state index contributed by atoms with van der Waals surface area (Å²) in [7, 11) is -3.64. The third kappa shape index (κ3) is 6.15. The number of hydrogen-bond acceptors (Lipinski definition) is 7. The van der Waals surface area contributed by atoms with Gasteiger partial charge in [0, 0.05) is 37.5 Å². The van der Waals surface area contributed by atoms with Crippen LogP contribution in [0, 0.1) is 10.1 Å². The maximum Gasteiger partial charge on any atom is 0.269 e. The van der Waals surface area contributed by atoms with E-state index in [-0.39, 0.29) is 23.0 Å². The third-order valence-corrected chi connectivity index (χ3v) is 6.55. The molecule has 0 bridgehead atoms. The van der Waals surface area contributed by atoms with Gasteiger partial charge in [0.2, 0.25) is 15.9 Å². The zero-order valence-corrected chi connectivity index (χ0v) is 18.5. The first-order valence-electron chi connectivity index (χ1n) is 9.89. The standard InChI is InChI=1S/C20H27N5O5S/c1-4-21-18-12-11-17(31(29,30)24(5-2)6-3)13-19(18)22-14-20(26)23-15-7-9-16(10-8-15)25(27)28/h7-13,21-22H,4-6,14H2,1-3H3,(H,23,26). The fourth-order valence-corrected chi connectivity index (χ4v) is 4.42. The predicted molar refractivity (Wildman–Crippen MR) is 121 cm³/mol. The highest BCUT2D eigenvalue weighted by atomic mass is 32.2. The van der Waals surface area contributed by atoms with Gasteiger partial charge in [0.25, 0.3) is 5.69 Å². The van der Waals surface area contributed by atoms with E-state index in [2.05, 4.69) is 16.0 Å². The van der Waals surface area contributed by atoms with Crippen LogP contribution >= 0.6 is 0 Å². The number of rotatable bonds is 11. The Morgan fingerprint density at radius 3 is 2.19 bits per heavy atom. The van der Waals surface area contributed by atoms with E-state index in [0.29, 0.717) is 36.7 Å². The zero-order chi connectivity index (χ0) is 23.0. The van der Waals surface area contributed by atoms with E-state index in [1.165, 1.54) is 40.7 Å². The molecular formula is C20H27N5O5S. The lowest BCUT2D eigenvalue weighted by atomic mass is 10.2. The van der Waals surface area contributed by atoms with Crippen molar-refractivity contribution in [3.8, 4) is 0 Å². The fourth-order valence-electron chi connectivity index (χ4n) is 2.93. The van der Waals surface area contributed by atoms with E-state index in [1.54, 1.807) is 19.9 Å². The number of nitro groups is 1. The Kier molecular flexibility index (Phi) is 8.34. The molecule has 0 saturated carbocycles. The molecule has 0 atom stereocenters. The lowest BCUT2D eigenvalue weighted by Gasteiger charge is -2.20. The van der Waals surface area contributed by atoms with Gasteiger partial charge in [-0.15, -0.1) is 0 Å². The van der Waals surface area contributed by atoms with Gasteiger partial charge in [0.1, 0.15) is 0 Å². The zero-order valence-electron chi connectivity index (χ0n) is 17.7. The Hall–Kier alpha value is -3.18. The van der Waals surface area contributed by atoms with Gasteiger partial charge < -0.3 is 16.0 Å². The van der Waals surface area contributed by atoms with Crippen LogP contribution in [0.25, 0.3) is 0 Å². The molecule has 0 aromatic heterocycles. The molecule has 1 amide bonds. The maximum absolute atomic E-state index is 12.8. The van der Waals surface area contributed by atoms with Crippen LogP contribution in [-0.4, -0.2) is 49.7 Å². The SMILES string of the molecule is CCNc1ccc(S(=O)(=O)N(CC)CC)cc1NCC(=O)Nc1ccc([N+](=O)[O-])cc1. The number of hydrogen-bond donors (Lipinski definition) is 3. The number of nitrogens with one attached hydrogen (secondary N) is 3. The van der Waals surface area contributed by atoms with Crippen LogP contribution in [0.1, 0.15) is 20.8 Å². The second-order valence-corrected chi connectivity index (χ2v) is 8.47. The maximum atomic E-state index is 12.8. The summed E-state index contributed by atoms with van der Waals surface area (Å²) in [5.74, 6) is -0.381. The Morgan fingerprint density at radius 1 is 1.00 bits per heavy atom. The summed E-state index contributed by atoms with van der Waals surface area (Å²) in [4.78, 5) is 22.6. The summed E-state index contributed by atoms with van der Waals surface area (Å²) >= 11 is 0. The number of amides is 1. The average Bonchev–Trinajstić information content (AvgIpc) is 2.74. The molecular weight excluding hydrogens is 422 g/mol. The van der Waals surface area contributed by atoms with Crippen LogP contribution in [-0.2, 0) is 14.8 Å². The second kappa shape index (κ2) is 10.7. The van der Waals surface area contributed by atoms with Gasteiger partial charge >= 0.3 is 0 Å². The van der Waals surface area contributed by atoms with Gasteiger partial charge in [-0.1, -0.05) is 13.8 Å². The van der Waals surface area contributed by atoms with Crippen molar-refractivity contribution >= 4 is 38.7 Å². The summed E-state index contributed by atoms with van der Waals surface area (Å²) in [6.45, 7) is 6.66. The normalized spacial score (nSPS) is 11.2. The van der Waals surface area contributed by atoms with Crippen LogP contribution in [0.15, 0.2) is 47.4 Å². The molecule has 0 fully saturated rings. The van der Waals surface area contributed by atoms with Crippen molar-refractivity contribution in [1.82, 2.24) is 4.31 Å². The highest BCUT2D eigenvalue weighted by molar-refractivity contribution is 7.89. The van der Waals surface area contributed by atoms with E-state index < -0.39 is 14.9 Å². The molecule has 10 nitrogen and oxygen atoms in total. The number of sulfonamides is 1. The number of anilines is 3. The van der Waals surface area contributed by atoms with Gasteiger partial charge in [-0.2, -0.15) is 4.31 Å². The smallest absolute Gasteiger partial charge is 0.269 e. The van der Waals surface area contributed by atoms with Crippen molar-refractivity contribution in [2.24, 2.45) is 0 Å². The van der Waals surface area contributed by atoms with E-state index in [9.17, 15) is 23.3 Å². The van der Waals surface area contributed by atoms with Gasteiger partial charge in [0.05, 0.1) is 27.7 Å². The number of non-ortho nitro benzene ring substituents is 1. The average molecular weight is 450 g/mol. The monoisotopic (exact) mass is 449 g/mol. The van der Waals surface area contributed by atoms with Gasteiger partial charge in [-0.25, -0.2) is 8.42 Å². The summed E-state index contributed by atoms with van der Waals surface area (Å²) in [6.07, 6.45) is 0. The van der Waals surface area contributed by atoms with Crippen LogP contribution in [0.3, 0.4) is 0 Å². The largest absolute Gasteiger partial charge is 0.384 e. The molecule has 11 heteroatoms. The molecule has 0 saturated heterocycles. The molecule has 0 aliphatic rings. The molecule has 0 aliphatic heterocycles. The molecule has 31 heavy (non-hydrogen) atoms. The van der Waals surface area contributed by atoms with E-state index in [1.807, 2.05) is 6.92 Å². The number of benzene rings is 2. The van der Waals surface area contributed by atoms with E-state index in [4.69, 9.17) is 0 Å². The lowest BCUT2D eigenvalue weighted by molar-refractivity contribution is -0.384. The first-order valence-corrected chi connectivity index (χ1v) is 11.3. The highest BCUT2D eigenvalue weighted by Crippen LogP contribution is 2.27. The van der Waals surface area contributed by atoms with Crippen LogP contribution in [0.4, 0.5) is 22.7 Å². The molecule has 0 heterocycles. The predicted octanol–water partition coefficient (Wildman–Crippen LogP) is 3.11. The van der Waals surface area contributed by atoms with Crippen molar-refractivity contribution < 1.29 is 18.1 Å². The molecule has 0 radical (unpaired) electrons. The van der Waals surface area contributed by atoms with Gasteiger partial charge in [-0.05, 0) is 37.3 Å². The molecule has 0 spiro atoms. The van der Waals surface area contributed by atoms with Crippen LogP contribution < -0.4 is 16.0 Å². The number of nitro benzene ring substituents is 1. The van der Waals surface area contributed by atoms with Crippen molar-refractivity contribution in [3.63, 3.8) is 0 Å². The van der Waals surface area contributed by atoms with Crippen molar-refractivity contribution in [2.45, 2.75) is 25.7 Å². The Morgan fingerprint density at radius 2 is 1.65 bits per heavy atom. The summed E-state index contributed by atoms with van der Waals surface area (Å²) in [5, 5.41) is 19.5. The van der Waals surface area contributed by atoms with Crippen molar-refractivity contribution in [3.05, 3.63) is 52.6 Å². The third-order valence-electron chi connectivity index (χ3n) is 4.50. The topological polar surface area (TPSA) is 134 Å². The van der Waals surface area contributed by atoms with E-state index >= 15 is 0 Å². The quantitative estimate of drug-likeness (QED) is 0.354. The fraction of sp³-hybridized carbons (Fsp3) is 0.350. The van der Waals surface area contributed by atoms with Gasteiger partial charge in [0.15, 0.2) is 0 Å². The summed E-state index contributed by atoms with van der Waals surface area (Å²) < 4.78 is 27.0. The molecule has 3 N–H and O–H groups in total. The Balaban J connectivity index is 2.16. The molecule has 0 aliphatic carbocycles. The minimum absolute atomic E-state index is 0.0716. The molecule has 2 aromatic carbocycles. The Labute approximate surface area is 181 Å². The molecule has 2 aromatic rings. The van der Waals surface area contributed by atoms with E-state index in [0.717, 1.165) is 0 Å². The molecule has 2 rings (SSSR count). The van der Waals surface area contributed by atoms with Crippen LogP contribution in [0.2, 0.25) is 0 Å². The van der Waals surface area contributed by atoms with Crippen LogP contribution in [0.5, 0.6) is 0 Å². The molecule has 0 unspecified atom stereocenters. The van der Waals surface area contributed by atoms with Crippen molar-refractivity contribution in [2.75, 3.05) is 42.1 Å². The number of carbonyl (C=O) groups excluding carboxylic acids is 1. The number of nitrogens with zero attached hydrogens (tertiary/aromatic N) is 2. The Bertz CT molecular complexity index is 1020. The first kappa shape index (κ1) is 24.1. The second-order valence-electron chi connectivity index (χ2n) is 6.53. The van der Waals surface area contributed by atoms with Gasteiger partial charge in [-0.3, -0.25) is 14.9 Å².